The number of imidazole rings is 1. The minimum atomic E-state index is -0.478. The molecule has 2 N–H and O–H groups in total. The maximum atomic E-state index is 12.0. The van der Waals surface area contributed by atoms with Gasteiger partial charge in [0.15, 0.2) is 0 Å². The summed E-state index contributed by atoms with van der Waals surface area (Å²) in [5.41, 5.74) is 9.94. The van der Waals surface area contributed by atoms with Crippen LogP contribution in [-0.2, 0) is 9.53 Å². The van der Waals surface area contributed by atoms with Gasteiger partial charge in [-0.1, -0.05) is 6.92 Å². The van der Waals surface area contributed by atoms with Crippen molar-refractivity contribution in [3.63, 3.8) is 0 Å². The van der Waals surface area contributed by atoms with E-state index < -0.39 is 6.04 Å². The number of ether oxygens (including phenoxy) is 1. The Hall–Kier alpha value is -2.04. The summed E-state index contributed by atoms with van der Waals surface area (Å²) in [5.74, 6) is 0.0574. The number of esters is 1. The molecule has 0 saturated heterocycles. The SMILES string of the molecule is CCCOC(=O)C(C)n1c(N)nc2cc(C)c(C)cc21. The summed E-state index contributed by atoms with van der Waals surface area (Å²) in [6.07, 6.45) is 0.803. The fourth-order valence-corrected chi connectivity index (χ4v) is 2.20. The van der Waals surface area contributed by atoms with E-state index in [2.05, 4.69) is 4.98 Å². The van der Waals surface area contributed by atoms with E-state index in [1.807, 2.05) is 32.9 Å². The van der Waals surface area contributed by atoms with Crippen LogP contribution in [0.3, 0.4) is 0 Å². The average Bonchev–Trinajstić information content (AvgIpc) is 2.71. The van der Waals surface area contributed by atoms with Crippen molar-refractivity contribution in [2.24, 2.45) is 0 Å². The van der Waals surface area contributed by atoms with Gasteiger partial charge in [0, 0.05) is 0 Å². The number of nitrogens with two attached hydrogens (primary N) is 1. The van der Waals surface area contributed by atoms with E-state index in [0.717, 1.165) is 28.6 Å². The molecule has 0 fully saturated rings. The fraction of sp³-hybridized carbons (Fsp3) is 0.467. The number of benzene rings is 1. The van der Waals surface area contributed by atoms with Crippen LogP contribution >= 0.6 is 0 Å². The van der Waals surface area contributed by atoms with E-state index in [9.17, 15) is 4.79 Å². The van der Waals surface area contributed by atoms with Crippen molar-refractivity contribution in [2.45, 2.75) is 40.2 Å². The molecule has 5 nitrogen and oxygen atoms in total. The lowest BCUT2D eigenvalue weighted by Gasteiger charge is -2.15. The first kappa shape index (κ1) is 14.4. The number of aryl methyl sites for hydroxylation is 2. The molecule has 1 aromatic heterocycles. The first-order valence-corrected chi connectivity index (χ1v) is 6.87. The number of nitrogens with zero attached hydrogens (tertiary/aromatic N) is 2. The smallest absolute Gasteiger partial charge is 0.328 e. The van der Waals surface area contributed by atoms with Crippen molar-refractivity contribution in [3.05, 3.63) is 23.3 Å². The van der Waals surface area contributed by atoms with Gasteiger partial charge in [-0.15, -0.1) is 0 Å². The summed E-state index contributed by atoms with van der Waals surface area (Å²) in [6, 6.07) is 3.52. The van der Waals surface area contributed by atoms with Gasteiger partial charge in [-0.25, -0.2) is 9.78 Å². The normalized spacial score (nSPS) is 12.6. The predicted molar refractivity (Wildman–Crippen MR) is 79.6 cm³/mol. The van der Waals surface area contributed by atoms with Crippen LogP contribution in [0.2, 0.25) is 0 Å². The number of carbonyl (C=O) groups excluding carboxylic acids is 1. The zero-order chi connectivity index (χ0) is 14.9. The first-order valence-electron chi connectivity index (χ1n) is 6.87. The molecule has 0 aliphatic heterocycles. The fourth-order valence-electron chi connectivity index (χ4n) is 2.20. The van der Waals surface area contributed by atoms with Crippen LogP contribution in [0, 0.1) is 13.8 Å². The maximum absolute atomic E-state index is 12.0. The molecule has 5 heteroatoms. The Kier molecular flexibility index (Phi) is 3.97. The molecule has 2 aromatic rings. The molecule has 0 bridgehead atoms. The summed E-state index contributed by atoms with van der Waals surface area (Å²) in [5, 5.41) is 0. The molecule has 1 atom stereocenters. The number of rotatable bonds is 4. The van der Waals surface area contributed by atoms with Gasteiger partial charge in [0.05, 0.1) is 17.6 Å². The summed E-state index contributed by atoms with van der Waals surface area (Å²) < 4.78 is 6.93. The van der Waals surface area contributed by atoms with Gasteiger partial charge in [0.2, 0.25) is 5.95 Å². The molecule has 0 aliphatic carbocycles. The number of carbonyl (C=O) groups is 1. The Morgan fingerprint density at radius 1 is 1.40 bits per heavy atom. The van der Waals surface area contributed by atoms with Crippen LogP contribution in [0.4, 0.5) is 5.95 Å². The minimum Gasteiger partial charge on any atom is -0.464 e. The Morgan fingerprint density at radius 3 is 2.70 bits per heavy atom. The van der Waals surface area contributed by atoms with Gasteiger partial charge in [0.1, 0.15) is 6.04 Å². The van der Waals surface area contributed by atoms with Gasteiger partial charge in [-0.05, 0) is 50.5 Å². The number of anilines is 1. The highest BCUT2D eigenvalue weighted by atomic mass is 16.5. The largest absolute Gasteiger partial charge is 0.464 e. The number of nitrogen functional groups attached to an aromatic ring is 1. The summed E-state index contributed by atoms with van der Waals surface area (Å²) in [7, 11) is 0. The van der Waals surface area contributed by atoms with Gasteiger partial charge >= 0.3 is 5.97 Å². The quantitative estimate of drug-likeness (QED) is 0.871. The highest BCUT2D eigenvalue weighted by Gasteiger charge is 2.21. The molecule has 1 heterocycles. The van der Waals surface area contributed by atoms with E-state index in [0.29, 0.717) is 12.6 Å². The molecule has 0 saturated carbocycles. The minimum absolute atomic E-state index is 0.281. The topological polar surface area (TPSA) is 70.1 Å². The second-order valence-electron chi connectivity index (χ2n) is 5.11. The van der Waals surface area contributed by atoms with Crippen molar-refractivity contribution in [1.82, 2.24) is 9.55 Å². The Morgan fingerprint density at radius 2 is 2.05 bits per heavy atom. The number of aromatic nitrogens is 2. The molecule has 20 heavy (non-hydrogen) atoms. The van der Waals surface area contributed by atoms with Gasteiger partial charge < -0.3 is 10.5 Å². The zero-order valence-electron chi connectivity index (χ0n) is 12.4. The van der Waals surface area contributed by atoms with Gasteiger partial charge in [-0.3, -0.25) is 4.57 Å². The van der Waals surface area contributed by atoms with Crippen LogP contribution in [0.5, 0.6) is 0 Å². The van der Waals surface area contributed by atoms with Crippen LogP contribution in [0.1, 0.15) is 37.4 Å². The molecule has 0 radical (unpaired) electrons. The van der Waals surface area contributed by atoms with Crippen molar-refractivity contribution in [1.29, 1.82) is 0 Å². The zero-order valence-corrected chi connectivity index (χ0v) is 12.4. The molecule has 2 rings (SSSR count). The van der Waals surface area contributed by atoms with Crippen molar-refractivity contribution < 1.29 is 9.53 Å². The standard InChI is InChI=1S/C15H21N3O2/c1-5-6-20-14(19)11(4)18-13-8-10(3)9(2)7-12(13)17-15(18)16/h7-8,11H,5-6H2,1-4H3,(H2,16,17). The van der Waals surface area contributed by atoms with Crippen LogP contribution < -0.4 is 5.73 Å². The molecular weight excluding hydrogens is 254 g/mol. The molecule has 1 unspecified atom stereocenters. The predicted octanol–water partition coefficient (Wildman–Crippen LogP) is 2.75. The van der Waals surface area contributed by atoms with E-state index in [-0.39, 0.29) is 5.97 Å². The highest BCUT2D eigenvalue weighted by Crippen LogP contribution is 2.26. The lowest BCUT2D eigenvalue weighted by Crippen LogP contribution is -2.21. The lowest BCUT2D eigenvalue weighted by atomic mass is 10.1. The molecule has 0 spiro atoms. The molecule has 108 valence electrons. The second kappa shape index (κ2) is 5.53. The third kappa shape index (κ3) is 2.48. The van der Waals surface area contributed by atoms with Gasteiger partial charge in [0.25, 0.3) is 0 Å². The van der Waals surface area contributed by atoms with Crippen molar-refractivity contribution >= 4 is 23.0 Å². The highest BCUT2D eigenvalue weighted by molar-refractivity contribution is 5.84. The molecular formula is C15H21N3O2. The molecule has 0 amide bonds. The Bertz CT molecular complexity index is 646. The van der Waals surface area contributed by atoms with Crippen molar-refractivity contribution in [3.8, 4) is 0 Å². The summed E-state index contributed by atoms with van der Waals surface area (Å²) in [6.45, 7) is 8.23. The number of hydrogen-bond donors (Lipinski definition) is 1. The average molecular weight is 275 g/mol. The Labute approximate surface area is 118 Å². The van der Waals surface area contributed by atoms with E-state index in [1.54, 1.807) is 11.5 Å². The van der Waals surface area contributed by atoms with E-state index in [1.165, 1.54) is 0 Å². The maximum Gasteiger partial charge on any atom is 0.328 e. The number of hydrogen-bond acceptors (Lipinski definition) is 4. The van der Waals surface area contributed by atoms with Crippen LogP contribution in [-0.4, -0.2) is 22.1 Å². The monoisotopic (exact) mass is 275 g/mol. The molecule has 0 aliphatic rings. The first-order chi connectivity index (χ1) is 9.45. The molecule has 1 aromatic carbocycles. The van der Waals surface area contributed by atoms with Crippen LogP contribution in [0.25, 0.3) is 11.0 Å². The van der Waals surface area contributed by atoms with Crippen molar-refractivity contribution in [2.75, 3.05) is 12.3 Å². The number of fused-ring (bicyclic) bond motifs is 1. The van der Waals surface area contributed by atoms with Crippen LogP contribution in [0.15, 0.2) is 12.1 Å². The Balaban J connectivity index is 2.45. The summed E-state index contributed by atoms with van der Waals surface area (Å²) in [4.78, 5) is 16.4. The van der Waals surface area contributed by atoms with Gasteiger partial charge in [-0.2, -0.15) is 0 Å². The third-order valence-electron chi connectivity index (χ3n) is 3.51. The second-order valence-corrected chi connectivity index (χ2v) is 5.11. The third-order valence-corrected chi connectivity index (χ3v) is 3.51. The van der Waals surface area contributed by atoms with E-state index >= 15 is 0 Å². The lowest BCUT2D eigenvalue weighted by molar-refractivity contribution is -0.146. The summed E-state index contributed by atoms with van der Waals surface area (Å²) >= 11 is 0. The van der Waals surface area contributed by atoms with E-state index in [4.69, 9.17) is 10.5 Å².